The van der Waals surface area contributed by atoms with Gasteiger partial charge < -0.3 is 40.0 Å². The van der Waals surface area contributed by atoms with Gasteiger partial charge in [-0.25, -0.2) is 34.8 Å². The Balaban J connectivity index is 0.000000234. The number of carbonyl (C=O) groups excluding carboxylic acids is 2. The molecule has 103 heavy (non-hydrogen) atoms. The van der Waals surface area contributed by atoms with Crippen LogP contribution in [0.5, 0.6) is 0 Å². The number of nitrogens with zero attached hydrogens (tertiary/aromatic N) is 7. The second-order valence-electron chi connectivity index (χ2n) is 28.6. The van der Waals surface area contributed by atoms with Gasteiger partial charge in [0.15, 0.2) is 0 Å². The first-order chi connectivity index (χ1) is 48.9. The number of carbonyl (C=O) groups is 2. The number of piperidine rings is 4. The van der Waals surface area contributed by atoms with Crippen LogP contribution in [0.25, 0.3) is 0 Å². The van der Waals surface area contributed by atoms with Crippen molar-refractivity contribution in [1.82, 2.24) is 20.0 Å². The molecule has 2 amide bonds. The van der Waals surface area contributed by atoms with Crippen molar-refractivity contribution in [3.8, 4) is 0 Å². The van der Waals surface area contributed by atoms with E-state index in [1.54, 1.807) is 28.3 Å². The van der Waals surface area contributed by atoms with Crippen LogP contribution in [0.15, 0.2) is 187 Å². The van der Waals surface area contributed by atoms with Crippen LogP contribution in [-0.4, -0.2) is 184 Å². The van der Waals surface area contributed by atoms with Crippen molar-refractivity contribution in [1.29, 1.82) is 0 Å². The van der Waals surface area contributed by atoms with Crippen molar-refractivity contribution in [3.63, 3.8) is 0 Å². The molecule has 0 spiro atoms. The number of anilines is 4. The maximum Gasteiger partial charge on any atom is 0.410 e. The van der Waals surface area contributed by atoms with Gasteiger partial charge in [0.2, 0.25) is 30.1 Å². The SMILES string of the molecule is BrCCc1ccccc1.C/C=N/O.CC(C)(C)OC(=O)N1CCC[C@@H](CN(c2ccccc2)S(C)(=O)=O)C1.CC(C)(C)OC(=O)N1CCC[C@@H](CNc2ccccc2)C1.CS(=O)(=O)N(C[C@@H]1CCCN(CCc2ccccc2)C1)c1ccccc1.CS(=O)(=O)N(C[C@@H]1CCCNC1)c1ccccc1. The molecule has 0 bridgehead atoms. The zero-order valence-corrected chi connectivity index (χ0v) is 66.5. The Morgan fingerprint density at radius 2 is 0.874 bits per heavy atom. The van der Waals surface area contributed by atoms with E-state index in [1.165, 1.54) is 44.7 Å². The number of hydrogen-bond acceptors (Lipinski definition) is 15. The molecule has 0 saturated carbocycles. The molecule has 4 atom stereocenters. The first-order valence-corrected chi connectivity index (χ1v) is 42.6. The Kier molecular flexibility index (Phi) is 37.4. The largest absolute Gasteiger partial charge is 0.444 e. The molecule has 0 radical (unpaired) electrons. The number of benzene rings is 6. The number of rotatable bonds is 20. The number of halogens is 1. The molecule has 0 aliphatic carbocycles. The van der Waals surface area contributed by atoms with Crippen LogP contribution in [0.4, 0.5) is 32.3 Å². The number of likely N-dealkylation sites (tertiary alicyclic amines) is 3. The molecule has 4 aliphatic heterocycles. The van der Waals surface area contributed by atoms with E-state index in [2.05, 4.69) is 97.3 Å². The van der Waals surface area contributed by atoms with Crippen molar-refractivity contribution < 1.29 is 49.5 Å². The Morgan fingerprint density at radius 1 is 0.524 bits per heavy atom. The minimum Gasteiger partial charge on any atom is -0.444 e. The summed E-state index contributed by atoms with van der Waals surface area (Å²) in [5, 5.41) is 17.9. The number of para-hydroxylation sites is 4. The summed E-state index contributed by atoms with van der Waals surface area (Å²) in [5.41, 5.74) is 5.10. The summed E-state index contributed by atoms with van der Waals surface area (Å²) in [7, 11) is -9.87. The van der Waals surface area contributed by atoms with Crippen molar-refractivity contribution in [2.45, 2.75) is 124 Å². The van der Waals surface area contributed by atoms with E-state index in [0.717, 1.165) is 139 Å². The maximum absolute atomic E-state index is 12.3. The summed E-state index contributed by atoms with van der Waals surface area (Å²) < 4.78 is 88.3. The Morgan fingerprint density at radius 3 is 1.25 bits per heavy atom. The van der Waals surface area contributed by atoms with Crippen LogP contribution in [0.3, 0.4) is 0 Å². The van der Waals surface area contributed by atoms with Crippen LogP contribution < -0.4 is 23.5 Å². The fraction of sp³-hybridized carbons (Fsp3) is 0.506. The van der Waals surface area contributed by atoms with Gasteiger partial charge in [-0.1, -0.05) is 149 Å². The first-order valence-electron chi connectivity index (χ1n) is 36.0. The molecular formula is C79H116BrN9O11S3. The minimum absolute atomic E-state index is 0.0798. The van der Waals surface area contributed by atoms with Gasteiger partial charge in [0.05, 0.1) is 35.8 Å². The molecule has 0 aromatic heterocycles. The number of amides is 2. The summed E-state index contributed by atoms with van der Waals surface area (Å²) in [6, 6.07) is 59.0. The van der Waals surface area contributed by atoms with Crippen LogP contribution in [0.1, 0.15) is 111 Å². The highest BCUT2D eigenvalue weighted by Crippen LogP contribution is 2.28. The molecule has 568 valence electrons. The molecule has 4 aliphatic rings. The first kappa shape index (κ1) is 86.4. The molecule has 3 N–H and O–H groups in total. The zero-order chi connectivity index (χ0) is 75.3. The predicted molar refractivity (Wildman–Crippen MR) is 427 cm³/mol. The highest BCUT2D eigenvalue weighted by atomic mass is 79.9. The van der Waals surface area contributed by atoms with E-state index >= 15 is 0 Å². The second kappa shape index (κ2) is 44.6. The lowest BCUT2D eigenvalue weighted by atomic mass is 9.97. The third-order valence-electron chi connectivity index (χ3n) is 17.2. The number of hydrogen-bond donors (Lipinski definition) is 3. The van der Waals surface area contributed by atoms with Crippen LogP contribution in [0, 0.1) is 23.7 Å². The smallest absolute Gasteiger partial charge is 0.410 e. The quantitative estimate of drug-likeness (QED) is 0.0279. The molecule has 6 aromatic rings. The summed E-state index contributed by atoms with van der Waals surface area (Å²) in [6.07, 6.45) is 15.1. The molecule has 4 heterocycles. The zero-order valence-electron chi connectivity index (χ0n) is 62.4. The van der Waals surface area contributed by atoms with Gasteiger partial charge in [0.1, 0.15) is 11.2 Å². The van der Waals surface area contributed by atoms with Gasteiger partial charge in [0.25, 0.3) is 0 Å². The Hall–Kier alpha value is -7.22. The summed E-state index contributed by atoms with van der Waals surface area (Å²) in [4.78, 5) is 30.4. The third kappa shape index (κ3) is 35.0. The van der Waals surface area contributed by atoms with Crippen molar-refractivity contribution in [3.05, 3.63) is 193 Å². The number of alkyl halides is 1. The molecule has 0 unspecified atom stereocenters. The second-order valence-corrected chi connectivity index (χ2v) is 35.1. The van der Waals surface area contributed by atoms with Gasteiger partial charge in [-0.2, -0.15) is 0 Å². The van der Waals surface area contributed by atoms with E-state index in [4.69, 9.17) is 14.7 Å². The van der Waals surface area contributed by atoms with Crippen molar-refractivity contribution in [2.75, 3.05) is 127 Å². The minimum atomic E-state index is -3.39. The Bertz CT molecular complexity index is 3710. The van der Waals surface area contributed by atoms with Gasteiger partial charge in [-0.15, -0.1) is 5.16 Å². The lowest BCUT2D eigenvalue weighted by molar-refractivity contribution is 0.0162. The van der Waals surface area contributed by atoms with Gasteiger partial charge in [0, 0.05) is 82.7 Å². The number of aryl methyl sites for hydroxylation is 1. The van der Waals surface area contributed by atoms with E-state index in [1.807, 2.05) is 156 Å². The Labute approximate surface area is 625 Å². The summed E-state index contributed by atoms with van der Waals surface area (Å²) in [5.74, 6) is 1.32. The lowest BCUT2D eigenvalue weighted by Gasteiger charge is -2.36. The molecule has 20 nitrogen and oxygen atoms in total. The summed E-state index contributed by atoms with van der Waals surface area (Å²) >= 11 is 3.39. The number of sulfonamides is 3. The van der Waals surface area contributed by atoms with Gasteiger partial charge in [-0.3, -0.25) is 12.9 Å². The van der Waals surface area contributed by atoms with E-state index in [0.29, 0.717) is 56.2 Å². The number of oxime groups is 1. The molecule has 4 fully saturated rings. The van der Waals surface area contributed by atoms with E-state index in [9.17, 15) is 34.8 Å². The fourth-order valence-electron chi connectivity index (χ4n) is 12.3. The standard InChI is InChI=1S/C21H28N2O2S.C18H28N2O4S.C17H26N2O2.C13H20N2O2S.C8H9Br.C2H5NO/c1-26(24,25)23(21-12-6-3-7-13-21)18-20-11-8-15-22(17-20)16-14-19-9-4-2-5-10-19;1-18(2,3)24-17(21)19-12-8-9-15(13-19)14-20(25(4,22)23)16-10-6-5-7-11-16;1-17(2,3)21-16(20)19-11-7-8-14(13-19)12-18-15-9-5-4-6-10-15;1-18(16,17)15(13-7-3-2-4-8-13)11-12-6-5-9-14-10-12;9-7-6-8-4-2-1-3-5-8;1-2-3-4/h2-7,9-10,12-13,20H,8,11,14-18H2,1H3;5-7,10-11,15H,8-9,12-14H2,1-4H3;4-6,9-10,14,18H,7-8,11-13H2,1-3H3;2-4,7-8,12,14H,5-6,9-11H2,1H3;1-5H,6-7H2;2,4H,1H3/b;;;;;3-2+/t20-;15-;14-;12-;;/m1101../s1. The average Bonchev–Trinajstić information content (AvgIpc) is 0.846. The molecule has 10 rings (SSSR count). The van der Waals surface area contributed by atoms with E-state index < -0.39 is 41.3 Å². The maximum atomic E-state index is 12.3. The topological polar surface area (TPSA) is 231 Å². The van der Waals surface area contributed by atoms with Crippen molar-refractivity contribution in [2.24, 2.45) is 28.8 Å². The van der Waals surface area contributed by atoms with Crippen LogP contribution in [-0.2, 0) is 52.4 Å². The fourth-order valence-corrected chi connectivity index (χ4v) is 15.7. The monoisotopic (exact) mass is 1540 g/mol. The molecule has 6 aromatic carbocycles. The number of nitrogens with one attached hydrogen (secondary N) is 2. The molecular weight excluding hydrogens is 1430 g/mol. The van der Waals surface area contributed by atoms with Crippen LogP contribution >= 0.6 is 15.9 Å². The van der Waals surface area contributed by atoms with Gasteiger partial charge in [-0.05, 0) is 216 Å². The lowest BCUT2D eigenvalue weighted by Crippen LogP contribution is -2.46. The van der Waals surface area contributed by atoms with Gasteiger partial charge >= 0.3 is 12.2 Å². The number of ether oxygens (including phenoxy) is 2. The highest BCUT2D eigenvalue weighted by molar-refractivity contribution is 9.09. The van der Waals surface area contributed by atoms with Crippen molar-refractivity contribution >= 4 is 87.2 Å². The predicted octanol–water partition coefficient (Wildman–Crippen LogP) is 14.8. The normalized spacial score (nSPS) is 17.9. The van der Waals surface area contributed by atoms with E-state index in [-0.39, 0.29) is 18.1 Å². The molecule has 24 heteroatoms. The van der Waals surface area contributed by atoms with Crippen LogP contribution in [0.2, 0.25) is 0 Å². The average molecular weight is 1540 g/mol. The summed E-state index contributed by atoms with van der Waals surface area (Å²) in [6.45, 7) is 23.0. The highest BCUT2D eigenvalue weighted by Gasteiger charge is 2.32. The third-order valence-corrected chi connectivity index (χ3v) is 21.1. The molecule has 4 saturated heterocycles.